The Hall–Kier alpha value is -1.75. The second-order valence-electron chi connectivity index (χ2n) is 6.29. The molecule has 0 spiro atoms. The maximum Gasteiger partial charge on any atom is 0.407 e. The second kappa shape index (κ2) is 6.35. The summed E-state index contributed by atoms with van der Waals surface area (Å²) in [6.07, 6.45) is -0.371. The number of benzene rings is 1. The monoisotopic (exact) mass is 292 g/mol. The number of ether oxygens (including phenoxy) is 2. The van der Waals surface area contributed by atoms with Gasteiger partial charge in [0.15, 0.2) is 0 Å². The largest absolute Gasteiger partial charge is 0.497 e. The quantitative estimate of drug-likeness (QED) is 0.897. The third-order valence-corrected chi connectivity index (χ3v) is 3.44. The molecule has 0 unspecified atom stereocenters. The van der Waals surface area contributed by atoms with Gasteiger partial charge in [-0.1, -0.05) is 12.1 Å². The van der Waals surface area contributed by atoms with Gasteiger partial charge in [0.25, 0.3) is 0 Å². The minimum atomic E-state index is -0.485. The zero-order valence-electron chi connectivity index (χ0n) is 13.1. The van der Waals surface area contributed by atoms with E-state index in [1.54, 1.807) is 7.11 Å². The van der Waals surface area contributed by atoms with Crippen LogP contribution in [0.2, 0.25) is 0 Å². The minimum Gasteiger partial charge on any atom is -0.497 e. The molecule has 2 N–H and O–H groups in total. The molecule has 1 fully saturated rings. The van der Waals surface area contributed by atoms with Crippen molar-refractivity contribution in [2.45, 2.75) is 38.3 Å². The van der Waals surface area contributed by atoms with Crippen LogP contribution in [0.3, 0.4) is 0 Å². The van der Waals surface area contributed by atoms with Gasteiger partial charge in [0.05, 0.1) is 13.2 Å². The predicted octanol–water partition coefficient (Wildman–Crippen LogP) is 2.28. The molecule has 0 aliphatic carbocycles. The van der Waals surface area contributed by atoms with Gasteiger partial charge in [0.2, 0.25) is 0 Å². The first-order valence-electron chi connectivity index (χ1n) is 7.23. The fourth-order valence-electron chi connectivity index (χ4n) is 2.51. The third kappa shape index (κ3) is 4.36. The SMILES string of the molecule is COc1cccc([C@H]2CNC[C@H]2NC(=O)OC(C)(C)C)c1. The highest BCUT2D eigenvalue weighted by atomic mass is 16.6. The number of alkyl carbamates (subject to hydrolysis) is 1. The second-order valence-corrected chi connectivity index (χ2v) is 6.29. The number of carbonyl (C=O) groups excluding carboxylic acids is 1. The van der Waals surface area contributed by atoms with Gasteiger partial charge >= 0.3 is 6.09 Å². The van der Waals surface area contributed by atoms with Gasteiger partial charge in [0, 0.05) is 19.0 Å². The van der Waals surface area contributed by atoms with E-state index < -0.39 is 5.60 Å². The van der Waals surface area contributed by atoms with E-state index in [1.807, 2.05) is 39.0 Å². The molecule has 1 saturated heterocycles. The van der Waals surface area contributed by atoms with Crippen LogP contribution in [-0.2, 0) is 4.74 Å². The lowest BCUT2D eigenvalue weighted by atomic mass is 9.94. The predicted molar refractivity (Wildman–Crippen MR) is 81.8 cm³/mol. The summed E-state index contributed by atoms with van der Waals surface area (Å²) in [6, 6.07) is 7.98. The van der Waals surface area contributed by atoms with Gasteiger partial charge in [-0.3, -0.25) is 0 Å². The van der Waals surface area contributed by atoms with E-state index in [0.717, 1.165) is 24.4 Å². The van der Waals surface area contributed by atoms with Gasteiger partial charge in [-0.05, 0) is 38.5 Å². The Morgan fingerprint density at radius 2 is 2.10 bits per heavy atom. The fourth-order valence-corrected chi connectivity index (χ4v) is 2.51. The summed E-state index contributed by atoms with van der Waals surface area (Å²) in [6.45, 7) is 7.14. The molecular formula is C16H24N2O3. The lowest BCUT2D eigenvalue weighted by molar-refractivity contribution is 0.0504. The number of carbonyl (C=O) groups is 1. The van der Waals surface area contributed by atoms with E-state index in [4.69, 9.17) is 9.47 Å². The molecule has 0 bridgehead atoms. The molecule has 1 aromatic carbocycles. The van der Waals surface area contributed by atoms with Crippen LogP contribution in [-0.4, -0.2) is 37.9 Å². The van der Waals surface area contributed by atoms with Crippen molar-refractivity contribution < 1.29 is 14.3 Å². The molecule has 5 nitrogen and oxygen atoms in total. The average Bonchev–Trinajstić information content (AvgIpc) is 2.84. The Labute approximate surface area is 126 Å². The summed E-state index contributed by atoms with van der Waals surface area (Å²) in [7, 11) is 1.66. The van der Waals surface area contributed by atoms with Crippen LogP contribution >= 0.6 is 0 Å². The number of amides is 1. The van der Waals surface area contributed by atoms with E-state index in [0.29, 0.717) is 0 Å². The van der Waals surface area contributed by atoms with Crippen LogP contribution in [0, 0.1) is 0 Å². The van der Waals surface area contributed by atoms with Crippen molar-refractivity contribution in [3.63, 3.8) is 0 Å². The van der Waals surface area contributed by atoms with Crippen molar-refractivity contribution in [2.24, 2.45) is 0 Å². The molecule has 0 aromatic heterocycles. The van der Waals surface area contributed by atoms with Gasteiger partial charge in [-0.15, -0.1) is 0 Å². The van der Waals surface area contributed by atoms with Crippen LogP contribution in [0.4, 0.5) is 4.79 Å². The Bertz CT molecular complexity index is 497. The summed E-state index contributed by atoms with van der Waals surface area (Å²) in [5.74, 6) is 1.04. The highest BCUT2D eigenvalue weighted by Crippen LogP contribution is 2.26. The molecule has 0 saturated carbocycles. The van der Waals surface area contributed by atoms with Crippen LogP contribution in [0.25, 0.3) is 0 Å². The molecule has 1 aliphatic heterocycles. The standard InChI is InChI=1S/C16H24N2O3/c1-16(2,3)21-15(19)18-14-10-17-9-13(14)11-6-5-7-12(8-11)20-4/h5-8,13-14,17H,9-10H2,1-4H3,(H,18,19)/t13-,14-/m1/s1. The highest BCUT2D eigenvalue weighted by Gasteiger charge is 2.31. The first-order valence-corrected chi connectivity index (χ1v) is 7.23. The van der Waals surface area contributed by atoms with E-state index in [2.05, 4.69) is 16.7 Å². The molecule has 5 heteroatoms. The number of methoxy groups -OCH3 is 1. The smallest absolute Gasteiger partial charge is 0.407 e. The lowest BCUT2D eigenvalue weighted by Crippen LogP contribution is -2.42. The molecule has 2 rings (SSSR count). The van der Waals surface area contributed by atoms with Gasteiger partial charge in [-0.25, -0.2) is 4.79 Å². The van der Waals surface area contributed by atoms with Gasteiger partial charge in [-0.2, -0.15) is 0 Å². The Balaban J connectivity index is 2.04. The zero-order chi connectivity index (χ0) is 15.5. The summed E-state index contributed by atoms with van der Waals surface area (Å²) in [5, 5.41) is 6.27. The topological polar surface area (TPSA) is 59.6 Å². The zero-order valence-corrected chi connectivity index (χ0v) is 13.1. The minimum absolute atomic E-state index is 0.0203. The fraction of sp³-hybridized carbons (Fsp3) is 0.562. The first kappa shape index (κ1) is 15.6. The van der Waals surface area contributed by atoms with Crippen LogP contribution in [0.15, 0.2) is 24.3 Å². The normalized spacial score (nSPS) is 21.9. The Morgan fingerprint density at radius 3 is 2.76 bits per heavy atom. The Morgan fingerprint density at radius 1 is 1.33 bits per heavy atom. The molecule has 1 amide bonds. The van der Waals surface area contributed by atoms with E-state index >= 15 is 0 Å². The number of nitrogens with one attached hydrogen (secondary N) is 2. The molecule has 1 aliphatic rings. The summed E-state index contributed by atoms with van der Waals surface area (Å²) in [4.78, 5) is 11.9. The molecule has 1 aromatic rings. The summed E-state index contributed by atoms with van der Waals surface area (Å²) in [5.41, 5.74) is 0.669. The average molecular weight is 292 g/mol. The summed E-state index contributed by atoms with van der Waals surface area (Å²) >= 11 is 0. The molecule has 1 heterocycles. The van der Waals surface area contributed by atoms with Crippen molar-refractivity contribution in [2.75, 3.05) is 20.2 Å². The molecule has 0 radical (unpaired) electrons. The third-order valence-electron chi connectivity index (χ3n) is 3.44. The molecule has 21 heavy (non-hydrogen) atoms. The molecule has 2 atom stereocenters. The van der Waals surface area contributed by atoms with Crippen molar-refractivity contribution in [1.82, 2.24) is 10.6 Å². The highest BCUT2D eigenvalue weighted by molar-refractivity contribution is 5.68. The number of rotatable bonds is 3. The lowest BCUT2D eigenvalue weighted by Gasteiger charge is -2.24. The van der Waals surface area contributed by atoms with Crippen LogP contribution in [0.1, 0.15) is 32.3 Å². The Kier molecular flexibility index (Phi) is 4.73. The summed E-state index contributed by atoms with van der Waals surface area (Å²) < 4.78 is 10.6. The maximum absolute atomic E-state index is 11.9. The number of hydrogen-bond donors (Lipinski definition) is 2. The van der Waals surface area contributed by atoms with Crippen molar-refractivity contribution in [3.8, 4) is 5.75 Å². The van der Waals surface area contributed by atoms with Gasteiger partial charge in [0.1, 0.15) is 11.4 Å². The van der Waals surface area contributed by atoms with E-state index in [9.17, 15) is 4.79 Å². The van der Waals surface area contributed by atoms with Crippen LogP contribution < -0.4 is 15.4 Å². The van der Waals surface area contributed by atoms with Crippen LogP contribution in [0.5, 0.6) is 5.75 Å². The van der Waals surface area contributed by atoms with Crippen molar-refractivity contribution in [3.05, 3.63) is 29.8 Å². The molecular weight excluding hydrogens is 268 g/mol. The van der Waals surface area contributed by atoms with E-state index in [1.165, 1.54) is 0 Å². The van der Waals surface area contributed by atoms with Crippen molar-refractivity contribution >= 4 is 6.09 Å². The maximum atomic E-state index is 11.9. The molecule has 116 valence electrons. The van der Waals surface area contributed by atoms with Crippen molar-refractivity contribution in [1.29, 1.82) is 0 Å². The first-order chi connectivity index (χ1) is 9.89. The van der Waals surface area contributed by atoms with E-state index in [-0.39, 0.29) is 18.1 Å². The van der Waals surface area contributed by atoms with Gasteiger partial charge < -0.3 is 20.1 Å². The number of hydrogen-bond acceptors (Lipinski definition) is 4.